The lowest BCUT2D eigenvalue weighted by atomic mass is 9.93. The molecule has 0 spiro atoms. The number of nitrogens with one attached hydrogen (secondary N) is 1. The first-order valence-electron chi connectivity index (χ1n) is 4.69. The van der Waals surface area contributed by atoms with Crippen molar-refractivity contribution < 1.29 is 4.42 Å². The van der Waals surface area contributed by atoms with Gasteiger partial charge in [-0.25, -0.2) is 4.98 Å². The average Bonchev–Trinajstić information content (AvgIpc) is 2.47. The normalized spacial score (nSPS) is 12.0. The first kappa shape index (κ1) is 10.3. The molecule has 0 aliphatic heterocycles. The number of rotatable bonds is 3. The van der Waals surface area contributed by atoms with E-state index in [-0.39, 0.29) is 5.41 Å². The van der Waals surface area contributed by atoms with Crippen LogP contribution in [-0.2, 0) is 12.0 Å². The van der Waals surface area contributed by atoms with Gasteiger partial charge in [0.15, 0.2) is 0 Å². The molecule has 0 aromatic carbocycles. The Kier molecular flexibility index (Phi) is 3.09. The van der Waals surface area contributed by atoms with Crippen LogP contribution in [0.5, 0.6) is 0 Å². The van der Waals surface area contributed by atoms with Gasteiger partial charge in [0.2, 0.25) is 5.89 Å². The Bertz CT molecular complexity index is 260. The van der Waals surface area contributed by atoms with Crippen molar-refractivity contribution in [2.75, 3.05) is 6.54 Å². The van der Waals surface area contributed by atoms with Gasteiger partial charge in [0.25, 0.3) is 0 Å². The van der Waals surface area contributed by atoms with Gasteiger partial charge in [-0.1, -0.05) is 27.7 Å². The van der Waals surface area contributed by atoms with Crippen LogP contribution in [0.25, 0.3) is 0 Å². The van der Waals surface area contributed by atoms with Crippen LogP contribution in [0.4, 0.5) is 0 Å². The third-order valence-electron chi connectivity index (χ3n) is 1.85. The second-order valence-electron chi connectivity index (χ2n) is 4.16. The number of hydrogen-bond acceptors (Lipinski definition) is 3. The summed E-state index contributed by atoms with van der Waals surface area (Å²) < 4.78 is 5.32. The van der Waals surface area contributed by atoms with Gasteiger partial charge < -0.3 is 9.73 Å². The Hall–Kier alpha value is -0.830. The molecule has 0 aliphatic carbocycles. The van der Waals surface area contributed by atoms with E-state index in [0.717, 1.165) is 18.1 Å². The maximum atomic E-state index is 5.32. The van der Waals surface area contributed by atoms with Crippen molar-refractivity contribution in [2.24, 2.45) is 0 Å². The molecule has 0 bridgehead atoms. The van der Waals surface area contributed by atoms with Crippen molar-refractivity contribution in [1.82, 2.24) is 10.3 Å². The lowest BCUT2D eigenvalue weighted by molar-refractivity contribution is 0.471. The second kappa shape index (κ2) is 3.92. The van der Waals surface area contributed by atoms with Crippen LogP contribution in [0.1, 0.15) is 39.3 Å². The third-order valence-corrected chi connectivity index (χ3v) is 1.85. The summed E-state index contributed by atoms with van der Waals surface area (Å²) in [4.78, 5) is 4.39. The van der Waals surface area contributed by atoms with Gasteiger partial charge in [0.05, 0.1) is 12.2 Å². The highest BCUT2D eigenvalue weighted by Gasteiger charge is 2.18. The van der Waals surface area contributed by atoms with E-state index in [0.29, 0.717) is 6.54 Å². The van der Waals surface area contributed by atoms with Crippen molar-refractivity contribution in [3.8, 4) is 0 Å². The summed E-state index contributed by atoms with van der Waals surface area (Å²) in [5, 5.41) is 3.17. The van der Waals surface area contributed by atoms with Gasteiger partial charge in [-0.3, -0.25) is 0 Å². The summed E-state index contributed by atoms with van der Waals surface area (Å²) in [6.07, 6.45) is 1.74. The van der Waals surface area contributed by atoms with E-state index >= 15 is 0 Å². The predicted molar refractivity (Wildman–Crippen MR) is 52.6 cm³/mol. The van der Waals surface area contributed by atoms with Crippen molar-refractivity contribution in [2.45, 2.75) is 39.7 Å². The summed E-state index contributed by atoms with van der Waals surface area (Å²) in [6, 6.07) is 0. The summed E-state index contributed by atoms with van der Waals surface area (Å²) in [6.45, 7) is 10.1. The zero-order chi connectivity index (χ0) is 9.90. The molecule has 1 rings (SSSR count). The van der Waals surface area contributed by atoms with E-state index in [1.54, 1.807) is 6.26 Å². The monoisotopic (exact) mass is 182 g/mol. The highest BCUT2D eigenvalue weighted by molar-refractivity contribution is 5.08. The van der Waals surface area contributed by atoms with Crippen molar-refractivity contribution in [3.05, 3.63) is 17.8 Å². The largest absolute Gasteiger partial charge is 0.447 e. The number of hydrogen-bond donors (Lipinski definition) is 1. The smallest absolute Gasteiger partial charge is 0.208 e. The molecular weight excluding hydrogens is 164 g/mol. The fraction of sp³-hybridized carbons (Fsp3) is 0.700. The van der Waals surface area contributed by atoms with Crippen LogP contribution in [0.2, 0.25) is 0 Å². The molecule has 0 saturated heterocycles. The Morgan fingerprint density at radius 3 is 2.62 bits per heavy atom. The van der Waals surface area contributed by atoms with Gasteiger partial charge in [-0.05, 0) is 6.54 Å². The molecule has 1 N–H and O–H groups in total. The number of nitrogens with zero attached hydrogens (tertiary/aromatic N) is 1. The van der Waals surface area contributed by atoms with Crippen molar-refractivity contribution >= 4 is 0 Å². The summed E-state index contributed by atoms with van der Waals surface area (Å²) >= 11 is 0. The zero-order valence-corrected chi connectivity index (χ0v) is 8.85. The number of oxazole rings is 1. The molecule has 3 heteroatoms. The van der Waals surface area contributed by atoms with Crippen molar-refractivity contribution in [3.63, 3.8) is 0 Å². The molecule has 74 valence electrons. The maximum Gasteiger partial charge on any atom is 0.208 e. The predicted octanol–water partition coefficient (Wildman–Crippen LogP) is 2.08. The molecule has 1 heterocycles. The summed E-state index contributed by atoms with van der Waals surface area (Å²) in [5.41, 5.74) is 1.09. The number of aromatic nitrogens is 1. The molecule has 1 aromatic rings. The summed E-state index contributed by atoms with van der Waals surface area (Å²) in [7, 11) is 0. The Morgan fingerprint density at radius 2 is 2.15 bits per heavy atom. The van der Waals surface area contributed by atoms with Crippen LogP contribution in [0.15, 0.2) is 10.7 Å². The Labute approximate surface area is 79.5 Å². The highest BCUT2D eigenvalue weighted by Crippen LogP contribution is 2.20. The molecule has 1 aromatic heterocycles. The molecule has 3 nitrogen and oxygen atoms in total. The van der Waals surface area contributed by atoms with E-state index in [1.807, 2.05) is 0 Å². The minimum atomic E-state index is 0.0773. The molecule has 0 saturated carbocycles. The van der Waals surface area contributed by atoms with Crippen LogP contribution in [0, 0.1) is 0 Å². The maximum absolute atomic E-state index is 5.32. The average molecular weight is 182 g/mol. The van der Waals surface area contributed by atoms with Crippen molar-refractivity contribution in [1.29, 1.82) is 0 Å². The molecule has 0 unspecified atom stereocenters. The standard InChI is InChI=1S/C10H18N2O/c1-5-11-6-9-12-8(7-13-9)10(2,3)4/h7,11H,5-6H2,1-4H3. The minimum Gasteiger partial charge on any atom is -0.447 e. The van der Waals surface area contributed by atoms with E-state index in [1.165, 1.54) is 0 Å². The highest BCUT2D eigenvalue weighted by atomic mass is 16.3. The molecule has 0 amide bonds. The zero-order valence-electron chi connectivity index (χ0n) is 8.85. The summed E-state index contributed by atoms with van der Waals surface area (Å²) in [5.74, 6) is 0.770. The Morgan fingerprint density at radius 1 is 1.46 bits per heavy atom. The SMILES string of the molecule is CCNCc1nc(C(C)(C)C)co1. The van der Waals surface area contributed by atoms with Crippen LogP contribution < -0.4 is 5.32 Å². The quantitative estimate of drug-likeness (QED) is 0.777. The second-order valence-corrected chi connectivity index (χ2v) is 4.16. The van der Waals surface area contributed by atoms with Gasteiger partial charge >= 0.3 is 0 Å². The molecular formula is C10H18N2O. The minimum absolute atomic E-state index is 0.0773. The molecule has 0 fully saturated rings. The molecule has 0 aliphatic rings. The van der Waals surface area contributed by atoms with Gasteiger partial charge in [0, 0.05) is 5.41 Å². The molecule has 0 atom stereocenters. The molecule has 0 radical (unpaired) electrons. The lowest BCUT2D eigenvalue weighted by Crippen LogP contribution is -2.14. The fourth-order valence-corrected chi connectivity index (χ4v) is 0.968. The van der Waals surface area contributed by atoms with E-state index in [4.69, 9.17) is 4.42 Å². The van der Waals surface area contributed by atoms with Gasteiger partial charge in [-0.2, -0.15) is 0 Å². The van der Waals surface area contributed by atoms with Crippen LogP contribution >= 0.6 is 0 Å². The van der Waals surface area contributed by atoms with Crippen LogP contribution in [0.3, 0.4) is 0 Å². The van der Waals surface area contributed by atoms with E-state index < -0.39 is 0 Å². The van der Waals surface area contributed by atoms with E-state index in [2.05, 4.69) is 38.0 Å². The van der Waals surface area contributed by atoms with Crippen LogP contribution in [-0.4, -0.2) is 11.5 Å². The van der Waals surface area contributed by atoms with Gasteiger partial charge in [-0.15, -0.1) is 0 Å². The van der Waals surface area contributed by atoms with E-state index in [9.17, 15) is 0 Å². The topological polar surface area (TPSA) is 38.1 Å². The lowest BCUT2D eigenvalue weighted by Gasteiger charge is -2.12. The fourth-order valence-electron chi connectivity index (χ4n) is 0.968. The Balaban J connectivity index is 2.64. The third kappa shape index (κ3) is 2.84. The van der Waals surface area contributed by atoms with Gasteiger partial charge in [0.1, 0.15) is 6.26 Å². The first-order valence-corrected chi connectivity index (χ1v) is 4.69. The molecule has 13 heavy (non-hydrogen) atoms. The first-order chi connectivity index (χ1) is 6.04.